The van der Waals surface area contributed by atoms with E-state index in [1.54, 1.807) is 0 Å². The van der Waals surface area contributed by atoms with Crippen molar-refractivity contribution in [2.45, 2.75) is 44.8 Å². The van der Waals surface area contributed by atoms with Crippen LogP contribution in [-0.4, -0.2) is 40.7 Å². The molecule has 0 spiro atoms. The van der Waals surface area contributed by atoms with Gasteiger partial charge in [-0.05, 0) is 36.6 Å². The molecule has 9 heteroatoms. The summed E-state index contributed by atoms with van der Waals surface area (Å²) in [7, 11) is 0. The van der Waals surface area contributed by atoms with Crippen LogP contribution in [-0.2, 0) is 32.1 Å². The molecule has 6 N–H and O–H groups in total. The maximum absolute atomic E-state index is 12.7. The number of aromatic nitrogens is 1. The lowest BCUT2D eigenvalue weighted by molar-refractivity contribution is -0.133. The third kappa shape index (κ3) is 6.93. The highest BCUT2D eigenvalue weighted by molar-refractivity contribution is 5.94. The van der Waals surface area contributed by atoms with Gasteiger partial charge in [0.05, 0.1) is 6.42 Å². The molecule has 2 aromatic carbocycles. The first kappa shape index (κ1) is 24.5. The molecule has 0 bridgehead atoms. The van der Waals surface area contributed by atoms with Crippen molar-refractivity contribution in [2.75, 3.05) is 0 Å². The molecule has 0 saturated carbocycles. The molecule has 9 nitrogen and oxygen atoms in total. The van der Waals surface area contributed by atoms with E-state index in [-0.39, 0.29) is 25.3 Å². The van der Waals surface area contributed by atoms with E-state index in [1.165, 1.54) is 6.92 Å². The van der Waals surface area contributed by atoms with Crippen molar-refractivity contribution >= 4 is 34.5 Å². The summed E-state index contributed by atoms with van der Waals surface area (Å²) in [6, 6.07) is 15.1. The van der Waals surface area contributed by atoms with Crippen molar-refractivity contribution in [1.29, 1.82) is 0 Å². The van der Waals surface area contributed by atoms with Crippen LogP contribution >= 0.6 is 0 Å². The summed E-state index contributed by atoms with van der Waals surface area (Å²) in [6.45, 7) is 1.82. The molecule has 34 heavy (non-hydrogen) atoms. The number of fused-ring (bicyclic) bond motifs is 1. The van der Waals surface area contributed by atoms with Crippen molar-refractivity contribution in [3.63, 3.8) is 0 Å². The Kier molecular flexibility index (Phi) is 8.39. The summed E-state index contributed by atoms with van der Waals surface area (Å²) in [6.07, 6.45) is 2.09. The first-order valence-electron chi connectivity index (χ1n) is 11.1. The Hall–Kier alpha value is -4.14. The van der Waals surface area contributed by atoms with E-state index in [4.69, 9.17) is 5.73 Å². The predicted molar refractivity (Wildman–Crippen MR) is 128 cm³/mol. The second-order valence-corrected chi connectivity index (χ2v) is 8.08. The molecule has 0 radical (unpaired) electrons. The van der Waals surface area contributed by atoms with Crippen LogP contribution in [0.25, 0.3) is 10.9 Å². The van der Waals surface area contributed by atoms with Crippen LogP contribution in [0.5, 0.6) is 0 Å². The van der Waals surface area contributed by atoms with Crippen molar-refractivity contribution in [3.05, 3.63) is 71.9 Å². The van der Waals surface area contributed by atoms with Gasteiger partial charge in [-0.3, -0.25) is 19.2 Å². The van der Waals surface area contributed by atoms with Crippen molar-refractivity contribution in [1.82, 2.24) is 20.9 Å². The summed E-state index contributed by atoms with van der Waals surface area (Å²) in [5.41, 5.74) is 8.14. The number of amides is 4. The smallest absolute Gasteiger partial charge is 0.243 e. The summed E-state index contributed by atoms with van der Waals surface area (Å²) >= 11 is 0. The van der Waals surface area contributed by atoms with Crippen LogP contribution in [0.15, 0.2) is 60.8 Å². The monoisotopic (exact) mass is 463 g/mol. The van der Waals surface area contributed by atoms with E-state index in [1.807, 2.05) is 60.8 Å². The van der Waals surface area contributed by atoms with Crippen LogP contribution in [0.4, 0.5) is 0 Å². The normalized spacial score (nSPS) is 12.5. The topological polar surface area (TPSA) is 146 Å². The first-order chi connectivity index (χ1) is 16.3. The van der Waals surface area contributed by atoms with Gasteiger partial charge < -0.3 is 26.7 Å². The molecule has 1 aromatic heterocycles. The number of primary amides is 1. The van der Waals surface area contributed by atoms with Gasteiger partial charge in [0, 0.05) is 30.1 Å². The summed E-state index contributed by atoms with van der Waals surface area (Å²) in [5.74, 6) is -2.17. The zero-order valence-electron chi connectivity index (χ0n) is 19.0. The summed E-state index contributed by atoms with van der Waals surface area (Å²) in [5, 5.41) is 8.90. The van der Waals surface area contributed by atoms with Gasteiger partial charge in [-0.25, -0.2) is 0 Å². The third-order valence-corrected chi connectivity index (χ3v) is 5.43. The van der Waals surface area contributed by atoms with Crippen molar-refractivity contribution in [3.8, 4) is 0 Å². The molecule has 1 heterocycles. The fourth-order valence-corrected chi connectivity index (χ4v) is 3.60. The average Bonchev–Trinajstić information content (AvgIpc) is 3.30. The van der Waals surface area contributed by atoms with Gasteiger partial charge in [-0.15, -0.1) is 0 Å². The van der Waals surface area contributed by atoms with Crippen molar-refractivity contribution < 1.29 is 19.2 Å². The molecule has 0 saturated heterocycles. The highest BCUT2D eigenvalue weighted by atomic mass is 16.2. The fraction of sp³-hybridized carbons (Fsp3) is 0.280. The lowest BCUT2D eigenvalue weighted by Gasteiger charge is -2.20. The Balaban J connectivity index is 1.52. The van der Waals surface area contributed by atoms with E-state index in [9.17, 15) is 19.2 Å². The minimum absolute atomic E-state index is 0.146. The molecular weight excluding hydrogens is 434 g/mol. The van der Waals surface area contributed by atoms with E-state index >= 15 is 0 Å². The molecule has 0 aliphatic rings. The second-order valence-electron chi connectivity index (χ2n) is 8.08. The van der Waals surface area contributed by atoms with E-state index in [2.05, 4.69) is 20.9 Å². The Bertz CT molecular complexity index is 1160. The van der Waals surface area contributed by atoms with Gasteiger partial charge in [-0.2, -0.15) is 0 Å². The van der Waals surface area contributed by atoms with Gasteiger partial charge in [0.1, 0.15) is 12.1 Å². The lowest BCUT2D eigenvalue weighted by Crippen LogP contribution is -2.53. The molecule has 4 amide bonds. The van der Waals surface area contributed by atoms with Crippen LogP contribution in [0.1, 0.15) is 30.9 Å². The molecule has 178 valence electrons. The number of H-pyrrole nitrogens is 1. The third-order valence-electron chi connectivity index (χ3n) is 5.43. The SMILES string of the molecule is CC(NC(=O)C(CC(N)=O)NC(=O)CCc1ccccc1)C(=O)NCc1cccc2[nH]ccc12. The van der Waals surface area contributed by atoms with E-state index < -0.39 is 29.8 Å². The number of aryl methyl sites for hydroxylation is 1. The number of hydrogen-bond donors (Lipinski definition) is 5. The highest BCUT2D eigenvalue weighted by Gasteiger charge is 2.26. The molecule has 2 unspecified atom stereocenters. The molecule has 0 aliphatic carbocycles. The standard InChI is InChI=1S/C25H29N5O4/c1-16(24(33)28-15-18-8-5-9-20-19(18)12-13-27-20)29-25(34)21(14-22(26)31)30-23(32)11-10-17-6-3-2-4-7-17/h2-9,12-13,16,21,27H,10-11,14-15H2,1H3,(H2,26,31)(H,28,33)(H,29,34)(H,30,32). The number of nitrogens with one attached hydrogen (secondary N) is 4. The van der Waals surface area contributed by atoms with Gasteiger partial charge in [0.25, 0.3) is 0 Å². The summed E-state index contributed by atoms with van der Waals surface area (Å²) in [4.78, 5) is 52.2. The number of hydrogen-bond acceptors (Lipinski definition) is 4. The number of rotatable bonds is 11. The molecule has 0 fully saturated rings. The van der Waals surface area contributed by atoms with Crippen molar-refractivity contribution in [2.24, 2.45) is 5.73 Å². The molecular formula is C25H29N5O4. The second kappa shape index (κ2) is 11.6. The Morgan fingerprint density at radius 2 is 1.71 bits per heavy atom. The van der Waals surface area contributed by atoms with Gasteiger partial charge >= 0.3 is 0 Å². The molecule has 0 aliphatic heterocycles. The lowest BCUT2D eigenvalue weighted by atomic mass is 10.1. The largest absolute Gasteiger partial charge is 0.370 e. The number of nitrogens with two attached hydrogens (primary N) is 1. The Labute approximate surface area is 197 Å². The van der Waals surface area contributed by atoms with Crippen LogP contribution in [0.3, 0.4) is 0 Å². The van der Waals surface area contributed by atoms with Crippen LogP contribution in [0, 0.1) is 0 Å². The minimum Gasteiger partial charge on any atom is -0.370 e. The minimum atomic E-state index is -1.16. The first-order valence-corrected chi connectivity index (χ1v) is 11.1. The number of carbonyl (C=O) groups excluding carboxylic acids is 4. The van der Waals surface area contributed by atoms with Crippen LogP contribution < -0.4 is 21.7 Å². The molecule has 3 aromatic rings. The maximum atomic E-state index is 12.7. The number of benzene rings is 2. The summed E-state index contributed by atoms with van der Waals surface area (Å²) < 4.78 is 0. The van der Waals surface area contributed by atoms with Gasteiger partial charge in [-0.1, -0.05) is 42.5 Å². The van der Waals surface area contributed by atoms with Crippen LogP contribution in [0.2, 0.25) is 0 Å². The zero-order chi connectivity index (χ0) is 24.5. The van der Waals surface area contributed by atoms with E-state index in [0.29, 0.717) is 6.42 Å². The van der Waals surface area contributed by atoms with Gasteiger partial charge in [0.15, 0.2) is 0 Å². The number of carbonyl (C=O) groups is 4. The fourth-order valence-electron chi connectivity index (χ4n) is 3.60. The quantitative estimate of drug-likeness (QED) is 0.291. The highest BCUT2D eigenvalue weighted by Crippen LogP contribution is 2.17. The Morgan fingerprint density at radius 1 is 0.941 bits per heavy atom. The predicted octanol–water partition coefficient (Wildman–Crippen LogP) is 1.28. The molecule has 2 atom stereocenters. The van der Waals surface area contributed by atoms with Gasteiger partial charge in [0.2, 0.25) is 23.6 Å². The zero-order valence-corrected chi connectivity index (χ0v) is 19.0. The van der Waals surface area contributed by atoms with E-state index in [0.717, 1.165) is 22.0 Å². The molecule has 3 rings (SSSR count). The number of aromatic amines is 1. The average molecular weight is 464 g/mol. The maximum Gasteiger partial charge on any atom is 0.243 e. The Morgan fingerprint density at radius 3 is 2.44 bits per heavy atom.